The molecule has 0 aliphatic rings. The van der Waals surface area contributed by atoms with Crippen molar-refractivity contribution in [2.45, 2.75) is 27.2 Å². The summed E-state index contributed by atoms with van der Waals surface area (Å²) < 4.78 is 5.63. The summed E-state index contributed by atoms with van der Waals surface area (Å²) in [5, 5.41) is 8.93. The summed E-state index contributed by atoms with van der Waals surface area (Å²) in [5.41, 5.74) is 7.61. The zero-order chi connectivity index (χ0) is 14.3. The van der Waals surface area contributed by atoms with Crippen LogP contribution in [0.15, 0.2) is 18.2 Å². The van der Waals surface area contributed by atoms with Crippen LogP contribution in [-0.4, -0.2) is 19.7 Å². The predicted molar refractivity (Wildman–Crippen MR) is 79.3 cm³/mol. The first kappa shape index (κ1) is 15.2. The molecule has 1 atom stereocenters. The van der Waals surface area contributed by atoms with Crippen LogP contribution in [0.4, 0.5) is 11.4 Å². The molecule has 2 N–H and O–H groups in total. The van der Waals surface area contributed by atoms with E-state index in [-0.39, 0.29) is 5.92 Å². The highest BCUT2D eigenvalue weighted by Crippen LogP contribution is 2.26. The molecule has 4 heteroatoms. The maximum absolute atomic E-state index is 8.93. The molecule has 0 amide bonds. The zero-order valence-electron chi connectivity index (χ0n) is 12.0. The van der Waals surface area contributed by atoms with E-state index in [9.17, 15) is 0 Å². The molecule has 104 valence electrons. The zero-order valence-corrected chi connectivity index (χ0v) is 12.0. The van der Waals surface area contributed by atoms with Crippen molar-refractivity contribution in [2.24, 2.45) is 5.92 Å². The Labute approximate surface area is 115 Å². The summed E-state index contributed by atoms with van der Waals surface area (Å²) in [6, 6.07) is 8.00. The molecule has 4 nitrogen and oxygen atoms in total. The summed E-state index contributed by atoms with van der Waals surface area (Å²) in [6.45, 7) is 8.28. The summed E-state index contributed by atoms with van der Waals surface area (Å²) in [6.07, 6.45) is 0.965. The third-order valence-corrected chi connectivity index (χ3v) is 2.85. The molecule has 1 aromatic carbocycles. The molecule has 0 aromatic heterocycles. The standard InChI is InChI=1S/C15H23N3O/c1-4-6-19-15-8-13(17)7-14(9-15)18(5-2)11-12(3)10-16/h7-9,12H,4-6,11,17H2,1-3H3. The van der Waals surface area contributed by atoms with Crippen LogP contribution in [0.5, 0.6) is 5.75 Å². The number of nitrogens with two attached hydrogens (primary N) is 1. The summed E-state index contributed by atoms with van der Waals surface area (Å²) >= 11 is 0. The fourth-order valence-electron chi connectivity index (χ4n) is 1.88. The highest BCUT2D eigenvalue weighted by Gasteiger charge is 2.11. The van der Waals surface area contributed by atoms with Crippen molar-refractivity contribution in [2.75, 3.05) is 30.3 Å². The fourth-order valence-corrected chi connectivity index (χ4v) is 1.88. The normalized spacial score (nSPS) is 11.7. The lowest BCUT2D eigenvalue weighted by Gasteiger charge is -2.25. The van der Waals surface area contributed by atoms with Gasteiger partial charge in [0, 0.05) is 36.6 Å². The summed E-state index contributed by atoms with van der Waals surface area (Å²) in [7, 11) is 0. The van der Waals surface area contributed by atoms with Gasteiger partial charge in [-0.25, -0.2) is 0 Å². The number of rotatable bonds is 7. The topological polar surface area (TPSA) is 62.3 Å². The Hall–Kier alpha value is -1.89. The molecule has 0 aliphatic carbocycles. The number of ether oxygens (including phenoxy) is 1. The van der Waals surface area contributed by atoms with E-state index in [0.29, 0.717) is 18.8 Å². The van der Waals surface area contributed by atoms with Gasteiger partial charge in [-0.15, -0.1) is 0 Å². The van der Waals surface area contributed by atoms with Gasteiger partial charge in [0.25, 0.3) is 0 Å². The average molecular weight is 261 g/mol. The second-order valence-electron chi connectivity index (χ2n) is 4.68. The van der Waals surface area contributed by atoms with Crippen LogP contribution in [0.3, 0.4) is 0 Å². The maximum atomic E-state index is 8.93. The summed E-state index contributed by atoms with van der Waals surface area (Å²) in [4.78, 5) is 2.14. The van der Waals surface area contributed by atoms with Gasteiger partial charge in [-0.1, -0.05) is 6.92 Å². The molecule has 0 heterocycles. The first-order valence-corrected chi connectivity index (χ1v) is 6.78. The Morgan fingerprint density at radius 3 is 2.68 bits per heavy atom. The highest BCUT2D eigenvalue weighted by molar-refractivity contribution is 5.60. The number of hydrogen-bond acceptors (Lipinski definition) is 4. The third-order valence-electron chi connectivity index (χ3n) is 2.85. The number of nitriles is 1. The van der Waals surface area contributed by atoms with Crippen LogP contribution in [0.25, 0.3) is 0 Å². The van der Waals surface area contributed by atoms with E-state index < -0.39 is 0 Å². The molecule has 0 saturated heterocycles. The van der Waals surface area contributed by atoms with Crippen molar-refractivity contribution in [3.05, 3.63) is 18.2 Å². The molecule has 0 spiro atoms. The number of nitrogen functional groups attached to an aromatic ring is 1. The Kier molecular flexibility index (Phi) is 6.01. The van der Waals surface area contributed by atoms with Gasteiger partial charge in [-0.3, -0.25) is 0 Å². The Bertz CT molecular complexity index is 440. The average Bonchev–Trinajstić information content (AvgIpc) is 2.41. The van der Waals surface area contributed by atoms with Crippen molar-refractivity contribution in [1.29, 1.82) is 5.26 Å². The third kappa shape index (κ3) is 4.70. The van der Waals surface area contributed by atoms with Crippen LogP contribution in [0.2, 0.25) is 0 Å². The largest absolute Gasteiger partial charge is 0.493 e. The lowest BCUT2D eigenvalue weighted by Crippen LogP contribution is -2.27. The van der Waals surface area contributed by atoms with Crippen molar-refractivity contribution in [3.8, 4) is 11.8 Å². The van der Waals surface area contributed by atoms with Crippen LogP contribution < -0.4 is 15.4 Å². The van der Waals surface area contributed by atoms with E-state index in [1.54, 1.807) is 0 Å². The quantitative estimate of drug-likeness (QED) is 0.766. The monoisotopic (exact) mass is 261 g/mol. The van der Waals surface area contributed by atoms with Crippen LogP contribution in [0, 0.1) is 17.2 Å². The molecule has 0 radical (unpaired) electrons. The van der Waals surface area contributed by atoms with Gasteiger partial charge in [-0.05, 0) is 26.3 Å². The highest BCUT2D eigenvalue weighted by atomic mass is 16.5. The van der Waals surface area contributed by atoms with Gasteiger partial charge in [-0.2, -0.15) is 5.26 Å². The van der Waals surface area contributed by atoms with E-state index in [2.05, 4.69) is 24.8 Å². The van der Waals surface area contributed by atoms with E-state index >= 15 is 0 Å². The maximum Gasteiger partial charge on any atom is 0.123 e. The first-order valence-electron chi connectivity index (χ1n) is 6.78. The number of anilines is 2. The minimum atomic E-state index is -0.0126. The van der Waals surface area contributed by atoms with Crippen LogP contribution in [0.1, 0.15) is 27.2 Å². The SMILES string of the molecule is CCCOc1cc(N)cc(N(CC)CC(C)C#N)c1. The molecule has 19 heavy (non-hydrogen) atoms. The Morgan fingerprint density at radius 1 is 1.37 bits per heavy atom. The van der Waals surface area contributed by atoms with Gasteiger partial charge < -0.3 is 15.4 Å². The van der Waals surface area contributed by atoms with Gasteiger partial charge in [0.1, 0.15) is 5.75 Å². The smallest absolute Gasteiger partial charge is 0.123 e. The van der Waals surface area contributed by atoms with E-state index in [0.717, 1.165) is 24.4 Å². The van der Waals surface area contributed by atoms with Gasteiger partial charge in [0.2, 0.25) is 0 Å². The van der Waals surface area contributed by atoms with E-state index in [1.807, 2.05) is 25.1 Å². The lowest BCUT2D eigenvalue weighted by molar-refractivity contribution is 0.317. The molecule has 1 rings (SSSR count). The minimum absolute atomic E-state index is 0.0126. The molecule has 0 saturated carbocycles. The van der Waals surface area contributed by atoms with Gasteiger partial charge in [0.15, 0.2) is 0 Å². The molecule has 0 aliphatic heterocycles. The number of hydrogen-bond donors (Lipinski definition) is 1. The van der Waals surface area contributed by atoms with Gasteiger partial charge in [0.05, 0.1) is 18.6 Å². The number of benzene rings is 1. The van der Waals surface area contributed by atoms with Crippen molar-refractivity contribution in [3.63, 3.8) is 0 Å². The van der Waals surface area contributed by atoms with E-state index in [4.69, 9.17) is 15.7 Å². The molecule has 1 aromatic rings. The molecule has 0 bridgehead atoms. The van der Waals surface area contributed by atoms with Gasteiger partial charge >= 0.3 is 0 Å². The second-order valence-corrected chi connectivity index (χ2v) is 4.68. The Balaban J connectivity index is 2.90. The lowest BCUT2D eigenvalue weighted by atomic mass is 10.1. The van der Waals surface area contributed by atoms with E-state index in [1.165, 1.54) is 0 Å². The molecular formula is C15H23N3O. The fraction of sp³-hybridized carbons (Fsp3) is 0.533. The first-order chi connectivity index (χ1) is 9.10. The molecule has 1 unspecified atom stereocenters. The second kappa shape index (κ2) is 7.52. The van der Waals surface area contributed by atoms with Crippen molar-refractivity contribution >= 4 is 11.4 Å². The minimum Gasteiger partial charge on any atom is -0.493 e. The van der Waals surface area contributed by atoms with Crippen LogP contribution >= 0.6 is 0 Å². The molecular weight excluding hydrogens is 238 g/mol. The summed E-state index contributed by atoms with van der Waals surface area (Å²) in [5.74, 6) is 0.779. The predicted octanol–water partition coefficient (Wildman–Crippen LogP) is 3.04. The molecule has 0 fully saturated rings. The number of nitrogens with zero attached hydrogens (tertiary/aromatic N) is 2. The van der Waals surface area contributed by atoms with Crippen LogP contribution in [-0.2, 0) is 0 Å². The van der Waals surface area contributed by atoms with Crippen molar-refractivity contribution < 1.29 is 4.74 Å². The Morgan fingerprint density at radius 2 is 2.11 bits per heavy atom. The van der Waals surface area contributed by atoms with Crippen molar-refractivity contribution in [1.82, 2.24) is 0 Å².